The summed E-state index contributed by atoms with van der Waals surface area (Å²) in [4.78, 5) is 16.1. The number of rotatable bonds is 10. The molecule has 2 aromatic carbocycles. The Morgan fingerprint density at radius 2 is 1.77 bits per heavy atom. The van der Waals surface area contributed by atoms with Gasteiger partial charge >= 0.3 is 0 Å². The van der Waals surface area contributed by atoms with E-state index in [1.54, 1.807) is 13.2 Å². The lowest BCUT2D eigenvalue weighted by Crippen LogP contribution is -2.28. The molecule has 2 rings (SSSR count). The fourth-order valence-corrected chi connectivity index (χ4v) is 3.07. The quantitative estimate of drug-likeness (QED) is 0.411. The average Bonchev–Trinajstić information content (AvgIpc) is 2.76. The Morgan fingerprint density at radius 1 is 1.07 bits per heavy atom. The Hall–Kier alpha value is -3.22. The van der Waals surface area contributed by atoms with E-state index in [0.717, 1.165) is 24.1 Å². The minimum Gasteiger partial charge on any atom is -0.493 e. The normalized spacial score (nSPS) is 11.1. The molecule has 0 aliphatic heterocycles. The van der Waals surface area contributed by atoms with Crippen LogP contribution >= 0.6 is 0 Å². The molecule has 0 aliphatic carbocycles. The summed E-state index contributed by atoms with van der Waals surface area (Å²) in [5.74, 6) is 1.24. The number of likely N-dealkylation sites (N-methyl/N-ethyl adjacent to an activating group) is 1. The van der Waals surface area contributed by atoms with Crippen LogP contribution in [0.3, 0.4) is 0 Å². The molecule has 0 saturated heterocycles. The van der Waals surface area contributed by atoms with Gasteiger partial charge in [-0.25, -0.2) is 4.99 Å². The van der Waals surface area contributed by atoms with Crippen LogP contribution in [0.1, 0.15) is 37.5 Å². The number of guanidine groups is 1. The molecule has 4 N–H and O–H groups in total. The van der Waals surface area contributed by atoms with Gasteiger partial charge in [-0.1, -0.05) is 38.1 Å². The van der Waals surface area contributed by atoms with E-state index in [-0.39, 0.29) is 12.5 Å². The zero-order valence-corrected chi connectivity index (χ0v) is 18.2. The third kappa shape index (κ3) is 6.40. The summed E-state index contributed by atoms with van der Waals surface area (Å²) in [6, 6.07) is 11.7. The molecule has 0 spiro atoms. The standard InChI is InChI=1S/C23H32N4O3/c1-5-17-9-8-10-18(6-2)22(17)27-23(24)26-14-16-11-12-19(20(13-16)29-4)30-15-21(28)25-7-3/h8-13H,5-7,14-15H2,1-4H3,(H,25,28)(H3,24,26,27). The molecule has 7 nitrogen and oxygen atoms in total. The number of methoxy groups -OCH3 is 1. The lowest BCUT2D eigenvalue weighted by atomic mass is 10.0. The molecule has 2 aromatic rings. The highest BCUT2D eigenvalue weighted by atomic mass is 16.5. The Kier molecular flexibility index (Phi) is 9.00. The number of anilines is 1. The Bertz CT molecular complexity index is 858. The Balaban J connectivity index is 2.07. The smallest absolute Gasteiger partial charge is 0.257 e. The van der Waals surface area contributed by atoms with Crippen LogP contribution in [0.15, 0.2) is 41.4 Å². The number of aliphatic imine (C=N–C) groups is 1. The van der Waals surface area contributed by atoms with Crippen LogP contribution in [0, 0.1) is 0 Å². The number of carbonyl (C=O) groups excluding carboxylic acids is 1. The average molecular weight is 413 g/mol. The molecule has 0 aromatic heterocycles. The van der Waals surface area contributed by atoms with E-state index >= 15 is 0 Å². The van der Waals surface area contributed by atoms with Gasteiger partial charge in [0.25, 0.3) is 5.91 Å². The zero-order chi connectivity index (χ0) is 21.9. The van der Waals surface area contributed by atoms with Crippen LogP contribution in [0.25, 0.3) is 0 Å². The van der Waals surface area contributed by atoms with Gasteiger partial charge in [0.05, 0.1) is 13.7 Å². The number of benzene rings is 2. The summed E-state index contributed by atoms with van der Waals surface area (Å²) in [6.45, 7) is 6.99. The van der Waals surface area contributed by atoms with E-state index in [9.17, 15) is 4.79 Å². The van der Waals surface area contributed by atoms with E-state index in [2.05, 4.69) is 47.7 Å². The molecule has 0 heterocycles. The molecule has 0 saturated carbocycles. The predicted octanol–water partition coefficient (Wildman–Crippen LogP) is 3.26. The molecule has 0 bridgehead atoms. The number of hydrogen-bond acceptors (Lipinski definition) is 4. The molecule has 30 heavy (non-hydrogen) atoms. The summed E-state index contributed by atoms with van der Waals surface area (Å²) < 4.78 is 10.9. The van der Waals surface area contributed by atoms with E-state index < -0.39 is 0 Å². The second kappa shape index (κ2) is 11.7. The van der Waals surface area contributed by atoms with Crippen LogP contribution in [-0.4, -0.2) is 32.1 Å². The number of carbonyl (C=O) groups is 1. The second-order valence-corrected chi connectivity index (χ2v) is 6.71. The maximum absolute atomic E-state index is 11.6. The molecular formula is C23H32N4O3. The summed E-state index contributed by atoms with van der Waals surface area (Å²) in [5.41, 5.74) is 10.5. The summed E-state index contributed by atoms with van der Waals surface area (Å²) >= 11 is 0. The van der Waals surface area contributed by atoms with E-state index in [4.69, 9.17) is 15.2 Å². The first kappa shape index (κ1) is 23.1. The first-order valence-electron chi connectivity index (χ1n) is 10.3. The lowest BCUT2D eigenvalue weighted by Gasteiger charge is -2.15. The van der Waals surface area contributed by atoms with E-state index in [0.29, 0.717) is 30.5 Å². The lowest BCUT2D eigenvalue weighted by molar-refractivity contribution is -0.123. The van der Waals surface area contributed by atoms with Crippen LogP contribution in [0.5, 0.6) is 11.5 Å². The minimum atomic E-state index is -0.175. The van der Waals surface area contributed by atoms with Gasteiger partial charge < -0.3 is 25.8 Å². The number of para-hydroxylation sites is 1. The number of aryl methyl sites for hydroxylation is 2. The third-order valence-electron chi connectivity index (χ3n) is 4.64. The highest BCUT2D eigenvalue weighted by molar-refractivity contribution is 5.93. The fourth-order valence-electron chi connectivity index (χ4n) is 3.07. The molecule has 0 aliphatic rings. The SMILES string of the molecule is CCNC(=O)COc1ccc(CN=C(N)Nc2c(CC)cccc2CC)cc1OC. The van der Waals surface area contributed by atoms with Crippen molar-refractivity contribution in [2.24, 2.45) is 10.7 Å². The monoisotopic (exact) mass is 412 g/mol. The molecule has 0 atom stereocenters. The van der Waals surface area contributed by atoms with E-state index in [1.165, 1.54) is 11.1 Å². The molecule has 7 heteroatoms. The number of nitrogens with zero attached hydrogens (tertiary/aromatic N) is 1. The van der Waals surface area contributed by atoms with Gasteiger partial charge in [-0.05, 0) is 48.6 Å². The number of amides is 1. The molecule has 0 unspecified atom stereocenters. The van der Waals surface area contributed by atoms with Crippen LogP contribution in [0.2, 0.25) is 0 Å². The maximum Gasteiger partial charge on any atom is 0.257 e. The molecule has 0 radical (unpaired) electrons. The van der Waals surface area contributed by atoms with Crippen molar-refractivity contribution in [1.82, 2.24) is 5.32 Å². The number of ether oxygens (including phenoxy) is 2. The van der Waals surface area contributed by atoms with Crippen molar-refractivity contribution in [3.05, 3.63) is 53.1 Å². The Labute approximate surface area is 178 Å². The van der Waals surface area contributed by atoms with Gasteiger partial charge in [0.2, 0.25) is 0 Å². The van der Waals surface area contributed by atoms with Crippen LogP contribution in [-0.2, 0) is 24.2 Å². The summed E-state index contributed by atoms with van der Waals surface area (Å²) in [7, 11) is 1.56. The van der Waals surface area contributed by atoms with Crippen molar-refractivity contribution in [2.45, 2.75) is 40.2 Å². The molecule has 1 amide bonds. The topological polar surface area (TPSA) is 98.0 Å². The molecular weight excluding hydrogens is 380 g/mol. The van der Waals surface area contributed by atoms with Crippen molar-refractivity contribution in [2.75, 3.05) is 25.6 Å². The molecule has 0 fully saturated rings. The maximum atomic E-state index is 11.6. The van der Waals surface area contributed by atoms with Gasteiger partial charge in [0.15, 0.2) is 24.1 Å². The fraction of sp³-hybridized carbons (Fsp3) is 0.391. The van der Waals surface area contributed by atoms with Crippen molar-refractivity contribution >= 4 is 17.6 Å². The number of nitrogens with two attached hydrogens (primary N) is 1. The summed E-state index contributed by atoms with van der Waals surface area (Å²) in [6.07, 6.45) is 1.83. The first-order valence-corrected chi connectivity index (χ1v) is 10.3. The predicted molar refractivity (Wildman–Crippen MR) is 121 cm³/mol. The van der Waals surface area contributed by atoms with Gasteiger partial charge in [-0.2, -0.15) is 0 Å². The summed E-state index contributed by atoms with van der Waals surface area (Å²) in [5, 5.41) is 5.95. The highest BCUT2D eigenvalue weighted by Gasteiger charge is 2.09. The van der Waals surface area contributed by atoms with Crippen molar-refractivity contribution in [3.63, 3.8) is 0 Å². The van der Waals surface area contributed by atoms with Gasteiger partial charge in [-0.3, -0.25) is 4.79 Å². The number of nitrogens with one attached hydrogen (secondary N) is 2. The van der Waals surface area contributed by atoms with Crippen molar-refractivity contribution in [1.29, 1.82) is 0 Å². The van der Waals surface area contributed by atoms with Crippen LogP contribution < -0.4 is 25.8 Å². The van der Waals surface area contributed by atoms with Gasteiger partial charge in [-0.15, -0.1) is 0 Å². The largest absolute Gasteiger partial charge is 0.493 e. The van der Waals surface area contributed by atoms with E-state index in [1.807, 2.05) is 19.1 Å². The zero-order valence-electron chi connectivity index (χ0n) is 18.2. The minimum absolute atomic E-state index is 0.0604. The first-order chi connectivity index (χ1) is 14.5. The molecule has 162 valence electrons. The third-order valence-corrected chi connectivity index (χ3v) is 4.64. The van der Waals surface area contributed by atoms with Crippen molar-refractivity contribution < 1.29 is 14.3 Å². The second-order valence-electron chi connectivity index (χ2n) is 6.71. The highest BCUT2D eigenvalue weighted by Crippen LogP contribution is 2.28. The van der Waals surface area contributed by atoms with Gasteiger partial charge in [0, 0.05) is 12.2 Å². The number of hydrogen-bond donors (Lipinski definition) is 3. The Morgan fingerprint density at radius 3 is 2.37 bits per heavy atom. The van der Waals surface area contributed by atoms with Gasteiger partial charge in [0.1, 0.15) is 0 Å². The van der Waals surface area contributed by atoms with Crippen LogP contribution in [0.4, 0.5) is 5.69 Å². The van der Waals surface area contributed by atoms with Crippen molar-refractivity contribution in [3.8, 4) is 11.5 Å².